The summed E-state index contributed by atoms with van der Waals surface area (Å²) in [6.07, 6.45) is 11.3. The monoisotopic (exact) mass is 508 g/mol. The Kier molecular flexibility index (Phi) is 7.85. The van der Waals surface area contributed by atoms with Gasteiger partial charge in [-0.15, -0.1) is 0 Å². The van der Waals surface area contributed by atoms with E-state index in [2.05, 4.69) is 40.7 Å². The molecule has 36 heavy (non-hydrogen) atoms. The van der Waals surface area contributed by atoms with Gasteiger partial charge in [0.1, 0.15) is 0 Å². The van der Waals surface area contributed by atoms with Crippen LogP contribution >= 0.6 is 0 Å². The van der Waals surface area contributed by atoms with Crippen LogP contribution in [0.5, 0.6) is 0 Å². The van der Waals surface area contributed by atoms with Crippen LogP contribution < -0.4 is 0 Å². The molecule has 0 bridgehead atoms. The lowest BCUT2D eigenvalue weighted by Crippen LogP contribution is -2.47. The van der Waals surface area contributed by atoms with Crippen LogP contribution in [0.4, 0.5) is 0 Å². The first-order valence-electron chi connectivity index (χ1n) is 14.3. The highest BCUT2D eigenvalue weighted by molar-refractivity contribution is 5.06. The van der Waals surface area contributed by atoms with E-state index in [0.717, 1.165) is 57.8 Å². The van der Waals surface area contributed by atoms with E-state index in [1.54, 1.807) is 0 Å². The minimum absolute atomic E-state index is 0.00210. The van der Waals surface area contributed by atoms with Gasteiger partial charge in [-0.2, -0.15) is 0 Å². The maximum atomic E-state index is 11.3. The van der Waals surface area contributed by atoms with Crippen LogP contribution in [-0.2, 0) is 18.9 Å². The maximum absolute atomic E-state index is 11.3. The van der Waals surface area contributed by atoms with Crippen LogP contribution in [0.3, 0.4) is 0 Å². The third kappa shape index (κ3) is 6.21. The molecule has 0 aromatic carbocycles. The van der Waals surface area contributed by atoms with Gasteiger partial charge < -0.3 is 29.2 Å². The van der Waals surface area contributed by atoms with Crippen LogP contribution in [0.25, 0.3) is 0 Å². The molecular weight excluding hydrogens is 456 g/mol. The lowest BCUT2D eigenvalue weighted by atomic mass is 9.89. The predicted molar refractivity (Wildman–Crippen MR) is 141 cm³/mol. The summed E-state index contributed by atoms with van der Waals surface area (Å²) in [7, 11) is 0. The van der Waals surface area contributed by atoms with Crippen molar-refractivity contribution in [3.63, 3.8) is 0 Å². The summed E-state index contributed by atoms with van der Waals surface area (Å²) in [5.74, 6) is 0. The largest absolute Gasteiger partial charge is 0.388 e. The van der Waals surface area contributed by atoms with E-state index in [0.29, 0.717) is 12.5 Å². The molecule has 0 amide bonds. The van der Waals surface area contributed by atoms with Crippen molar-refractivity contribution in [1.29, 1.82) is 0 Å². The molecule has 0 radical (unpaired) electrons. The molecule has 2 N–H and O–H groups in total. The molecule has 6 nitrogen and oxygen atoms in total. The number of hydrogen-bond acceptors (Lipinski definition) is 6. The molecule has 0 aliphatic carbocycles. The molecule has 208 valence electrons. The van der Waals surface area contributed by atoms with Crippen molar-refractivity contribution < 1.29 is 29.2 Å². The Morgan fingerprint density at radius 3 is 2.11 bits per heavy atom. The molecule has 0 saturated carbocycles. The van der Waals surface area contributed by atoms with E-state index in [9.17, 15) is 10.2 Å². The average Bonchev–Trinajstić information content (AvgIpc) is 3.26. The summed E-state index contributed by atoms with van der Waals surface area (Å²) in [4.78, 5) is 0. The van der Waals surface area contributed by atoms with Gasteiger partial charge in [0.2, 0.25) is 0 Å². The first kappa shape index (κ1) is 28.5. The topological polar surface area (TPSA) is 80.7 Å². The third-order valence-corrected chi connectivity index (χ3v) is 9.60. The molecule has 0 aromatic heterocycles. The van der Waals surface area contributed by atoms with E-state index in [4.69, 9.17) is 18.9 Å². The summed E-state index contributed by atoms with van der Waals surface area (Å²) in [6.45, 7) is 16.3. The summed E-state index contributed by atoms with van der Waals surface area (Å²) in [5.41, 5.74) is -1.03. The molecule has 8 atom stereocenters. The average molecular weight is 509 g/mol. The van der Waals surface area contributed by atoms with Crippen molar-refractivity contribution in [3.05, 3.63) is 11.6 Å². The van der Waals surface area contributed by atoms with E-state index in [1.165, 1.54) is 5.57 Å². The van der Waals surface area contributed by atoms with Crippen LogP contribution in [0.1, 0.15) is 120 Å². The van der Waals surface area contributed by atoms with Crippen molar-refractivity contribution >= 4 is 0 Å². The molecule has 0 spiro atoms. The van der Waals surface area contributed by atoms with Gasteiger partial charge in [0.15, 0.2) is 0 Å². The second kappa shape index (κ2) is 9.91. The van der Waals surface area contributed by atoms with Crippen molar-refractivity contribution in [3.8, 4) is 0 Å². The second-order valence-electron chi connectivity index (χ2n) is 14.0. The third-order valence-electron chi connectivity index (χ3n) is 9.60. The van der Waals surface area contributed by atoms with Crippen molar-refractivity contribution in [2.45, 2.75) is 178 Å². The smallest absolute Gasteiger partial charge is 0.0921 e. The first-order valence-corrected chi connectivity index (χ1v) is 14.3. The fraction of sp³-hybridized carbons (Fsp3) is 0.933. The number of aliphatic hydroxyl groups is 2. The number of rotatable bonds is 10. The van der Waals surface area contributed by atoms with E-state index in [-0.39, 0.29) is 41.2 Å². The van der Waals surface area contributed by atoms with Gasteiger partial charge in [-0.05, 0) is 120 Å². The Morgan fingerprint density at radius 2 is 1.50 bits per heavy atom. The van der Waals surface area contributed by atoms with Gasteiger partial charge >= 0.3 is 0 Å². The Balaban J connectivity index is 1.25. The molecule has 4 fully saturated rings. The minimum atomic E-state index is -0.859. The summed E-state index contributed by atoms with van der Waals surface area (Å²) in [5, 5.41) is 21.7. The Hall–Kier alpha value is -0.500. The highest BCUT2D eigenvalue weighted by Crippen LogP contribution is 2.48. The van der Waals surface area contributed by atoms with Gasteiger partial charge in [-0.1, -0.05) is 11.6 Å². The van der Waals surface area contributed by atoms with Crippen molar-refractivity contribution in [1.82, 2.24) is 0 Å². The van der Waals surface area contributed by atoms with E-state index < -0.39 is 11.2 Å². The highest BCUT2D eigenvalue weighted by Gasteiger charge is 2.55. The van der Waals surface area contributed by atoms with Gasteiger partial charge in [0, 0.05) is 0 Å². The lowest BCUT2D eigenvalue weighted by molar-refractivity contribution is -0.201. The van der Waals surface area contributed by atoms with Gasteiger partial charge in [-0.25, -0.2) is 0 Å². The van der Waals surface area contributed by atoms with Gasteiger partial charge in [0.05, 0.1) is 58.5 Å². The molecule has 0 unspecified atom stereocenters. The van der Waals surface area contributed by atoms with Crippen LogP contribution in [0.2, 0.25) is 0 Å². The number of allylic oxidation sites excluding steroid dienone is 2. The predicted octanol–water partition coefficient (Wildman–Crippen LogP) is 5.62. The normalized spacial score (nSPS) is 42.6. The summed E-state index contributed by atoms with van der Waals surface area (Å²) >= 11 is 0. The van der Waals surface area contributed by atoms with E-state index in [1.807, 2.05) is 20.8 Å². The molecule has 4 aliphatic heterocycles. The minimum Gasteiger partial charge on any atom is -0.388 e. The van der Waals surface area contributed by atoms with Crippen molar-refractivity contribution in [2.75, 3.05) is 0 Å². The maximum Gasteiger partial charge on any atom is 0.0921 e. The van der Waals surface area contributed by atoms with Crippen LogP contribution in [-0.4, -0.2) is 68.7 Å². The van der Waals surface area contributed by atoms with Crippen molar-refractivity contribution in [2.24, 2.45) is 0 Å². The molecule has 4 rings (SSSR count). The zero-order valence-electron chi connectivity index (χ0n) is 24.1. The summed E-state index contributed by atoms with van der Waals surface area (Å²) in [6, 6.07) is 0. The number of epoxide rings is 1. The summed E-state index contributed by atoms with van der Waals surface area (Å²) < 4.78 is 25.3. The van der Waals surface area contributed by atoms with Crippen LogP contribution in [0.15, 0.2) is 11.6 Å². The zero-order chi connectivity index (χ0) is 26.6. The molecule has 6 heteroatoms. The molecule has 4 saturated heterocycles. The fourth-order valence-corrected chi connectivity index (χ4v) is 6.64. The Bertz CT molecular complexity index is 813. The fourth-order valence-electron chi connectivity index (χ4n) is 6.64. The standard InChI is InChI=1S/C30H52O6/c1-20(11-12-22-27(4,5)34-22)10-9-17-28(6,32)23-13-14-24(33-23)29(7)19-16-25(36-29)30(8)18-15-21(35-30)26(2,3)31/h10,21-25,31-32H,9,11-19H2,1-8H3/b20-10+/t21-,22-,23-,24-,25-,28+,29+,30+/m1/s1. The quantitative estimate of drug-likeness (QED) is 0.295. The highest BCUT2D eigenvalue weighted by atomic mass is 16.6. The number of ether oxygens (including phenoxy) is 4. The molecule has 0 aromatic rings. The zero-order valence-corrected chi connectivity index (χ0v) is 24.1. The van der Waals surface area contributed by atoms with Gasteiger partial charge in [-0.3, -0.25) is 0 Å². The van der Waals surface area contributed by atoms with Gasteiger partial charge in [0.25, 0.3) is 0 Å². The second-order valence-corrected chi connectivity index (χ2v) is 14.0. The Labute approximate surface area is 219 Å². The molecule has 4 heterocycles. The first-order chi connectivity index (χ1) is 16.5. The lowest BCUT2D eigenvalue weighted by Gasteiger charge is -2.38. The van der Waals surface area contributed by atoms with Crippen LogP contribution in [0, 0.1) is 0 Å². The number of hydrogen-bond donors (Lipinski definition) is 2. The Morgan fingerprint density at radius 1 is 0.861 bits per heavy atom. The SMILES string of the molecule is C/C(=C\CC[C@](C)(O)[C@H]1CC[C@H]([C@]2(C)CC[C@H]([C@]3(C)CC[C@H](C(C)(C)O)O3)O2)O1)CC[C@H]1OC1(C)C. The van der Waals surface area contributed by atoms with E-state index >= 15 is 0 Å². The molecular formula is C30H52O6. The molecule has 4 aliphatic rings.